The first kappa shape index (κ1) is 19.7. The third-order valence-corrected chi connectivity index (χ3v) is 5.57. The molecule has 6 nitrogen and oxygen atoms in total. The number of rotatable bonds is 4. The largest absolute Gasteiger partial charge is 0.452 e. The van der Waals surface area contributed by atoms with Crippen LogP contribution in [0.1, 0.15) is 30.6 Å². The van der Waals surface area contributed by atoms with Crippen molar-refractivity contribution < 1.29 is 22.7 Å². The number of esters is 1. The van der Waals surface area contributed by atoms with Crippen molar-refractivity contribution >= 4 is 33.3 Å². The quantitative estimate of drug-likeness (QED) is 0.741. The van der Waals surface area contributed by atoms with E-state index in [4.69, 9.17) is 16.3 Å². The van der Waals surface area contributed by atoms with Gasteiger partial charge in [-0.25, -0.2) is 13.2 Å². The van der Waals surface area contributed by atoms with E-state index in [1.807, 2.05) is 0 Å². The summed E-state index contributed by atoms with van der Waals surface area (Å²) in [5, 5.41) is 0.0741. The Kier molecular flexibility index (Phi) is 6.11. The molecule has 1 amide bonds. The van der Waals surface area contributed by atoms with Crippen molar-refractivity contribution in [2.24, 2.45) is 11.8 Å². The van der Waals surface area contributed by atoms with Gasteiger partial charge < -0.3 is 9.64 Å². The minimum absolute atomic E-state index is 0.0335. The minimum atomic E-state index is -3.48. The molecule has 0 spiro atoms. The number of amides is 1. The van der Waals surface area contributed by atoms with Gasteiger partial charge in [0.15, 0.2) is 16.4 Å². The SMILES string of the molecule is C[C@@H]1C[C@H](C)CN(C(=O)COC(=O)c2cc(S(C)(=O)=O)ccc2Cl)C1. The summed E-state index contributed by atoms with van der Waals surface area (Å²) in [6, 6.07) is 3.80. The van der Waals surface area contributed by atoms with E-state index in [-0.39, 0.29) is 21.4 Å². The molecular weight excluding hydrogens is 366 g/mol. The monoisotopic (exact) mass is 387 g/mol. The van der Waals surface area contributed by atoms with Gasteiger partial charge in [0.25, 0.3) is 5.91 Å². The fraction of sp³-hybridized carbons (Fsp3) is 0.529. The molecule has 0 saturated carbocycles. The molecule has 1 aromatic rings. The van der Waals surface area contributed by atoms with Gasteiger partial charge in [0.1, 0.15) is 0 Å². The van der Waals surface area contributed by atoms with Gasteiger partial charge in [-0.05, 0) is 36.5 Å². The molecule has 0 bridgehead atoms. The summed E-state index contributed by atoms with van der Waals surface area (Å²) in [4.78, 5) is 26.1. The van der Waals surface area contributed by atoms with Gasteiger partial charge in [0, 0.05) is 19.3 Å². The second-order valence-electron chi connectivity index (χ2n) is 6.73. The smallest absolute Gasteiger partial charge is 0.340 e. The summed E-state index contributed by atoms with van der Waals surface area (Å²) in [7, 11) is -3.48. The van der Waals surface area contributed by atoms with E-state index in [1.54, 1.807) is 4.90 Å². The van der Waals surface area contributed by atoms with Crippen LogP contribution in [0.15, 0.2) is 23.1 Å². The van der Waals surface area contributed by atoms with Crippen LogP contribution in [0.25, 0.3) is 0 Å². The summed E-state index contributed by atoms with van der Waals surface area (Å²) in [6.45, 7) is 5.06. The second kappa shape index (κ2) is 7.74. The van der Waals surface area contributed by atoms with Crippen LogP contribution in [-0.2, 0) is 19.4 Å². The summed E-state index contributed by atoms with van der Waals surface area (Å²) in [6.07, 6.45) is 2.10. The Bertz CT molecular complexity index is 767. The summed E-state index contributed by atoms with van der Waals surface area (Å²) < 4.78 is 28.2. The molecule has 2 rings (SSSR count). The third-order valence-electron chi connectivity index (χ3n) is 4.13. The molecule has 0 radical (unpaired) electrons. The lowest BCUT2D eigenvalue weighted by Gasteiger charge is -2.34. The molecule has 0 aromatic heterocycles. The molecular formula is C17H22ClNO5S. The Labute approximate surface area is 153 Å². The maximum atomic E-state index is 12.3. The van der Waals surface area contributed by atoms with Crippen LogP contribution in [0.5, 0.6) is 0 Å². The number of carbonyl (C=O) groups excluding carboxylic acids is 2. The lowest BCUT2D eigenvalue weighted by atomic mass is 9.92. The Hall–Kier alpha value is -1.60. The molecule has 1 saturated heterocycles. The highest BCUT2D eigenvalue weighted by Gasteiger charge is 2.26. The van der Waals surface area contributed by atoms with Gasteiger partial charge in [-0.3, -0.25) is 4.79 Å². The van der Waals surface area contributed by atoms with Gasteiger partial charge in [-0.1, -0.05) is 25.4 Å². The molecule has 8 heteroatoms. The van der Waals surface area contributed by atoms with Gasteiger partial charge in [0.05, 0.1) is 15.5 Å². The Morgan fingerprint density at radius 2 is 1.84 bits per heavy atom. The zero-order valence-corrected chi connectivity index (χ0v) is 16.1. The molecule has 1 heterocycles. The first-order chi connectivity index (χ1) is 11.6. The zero-order chi connectivity index (χ0) is 18.8. The number of piperidine rings is 1. The molecule has 1 aromatic carbocycles. The van der Waals surface area contributed by atoms with Crippen molar-refractivity contribution in [3.63, 3.8) is 0 Å². The maximum Gasteiger partial charge on any atom is 0.340 e. The average molecular weight is 388 g/mol. The Morgan fingerprint density at radius 3 is 2.40 bits per heavy atom. The Morgan fingerprint density at radius 1 is 1.24 bits per heavy atom. The number of sulfone groups is 1. The third kappa shape index (κ3) is 5.19. The van der Waals surface area contributed by atoms with Crippen molar-refractivity contribution in [2.45, 2.75) is 25.2 Å². The van der Waals surface area contributed by atoms with Gasteiger partial charge in [-0.2, -0.15) is 0 Å². The van der Waals surface area contributed by atoms with E-state index in [1.165, 1.54) is 12.1 Å². The van der Waals surface area contributed by atoms with Crippen molar-refractivity contribution in [1.82, 2.24) is 4.90 Å². The number of likely N-dealkylation sites (tertiary alicyclic amines) is 1. The predicted octanol–water partition coefficient (Wildman–Crippen LogP) is 2.40. The van der Waals surface area contributed by atoms with Crippen LogP contribution in [0, 0.1) is 11.8 Å². The standard InChI is InChI=1S/C17H22ClNO5S/c1-11-6-12(2)9-19(8-11)16(20)10-24-17(21)14-7-13(25(3,22)23)4-5-15(14)18/h4-5,7,11-12H,6,8-10H2,1-3H3/t11-,12+. The minimum Gasteiger partial charge on any atom is -0.452 e. The average Bonchev–Trinajstić information content (AvgIpc) is 2.50. The molecule has 0 aliphatic carbocycles. The summed E-state index contributed by atoms with van der Waals surface area (Å²) >= 11 is 5.95. The van der Waals surface area contributed by atoms with E-state index >= 15 is 0 Å². The number of hydrogen-bond donors (Lipinski definition) is 0. The van der Waals surface area contributed by atoms with Crippen LogP contribution >= 0.6 is 11.6 Å². The van der Waals surface area contributed by atoms with Crippen molar-refractivity contribution in [3.8, 4) is 0 Å². The molecule has 0 unspecified atom stereocenters. The molecule has 1 aliphatic heterocycles. The summed E-state index contributed by atoms with van der Waals surface area (Å²) in [5.41, 5.74) is -0.0715. The Balaban J connectivity index is 2.04. The normalized spacial score (nSPS) is 21.0. The van der Waals surface area contributed by atoms with Crippen LogP contribution in [-0.4, -0.2) is 51.1 Å². The van der Waals surface area contributed by atoms with E-state index in [0.29, 0.717) is 24.9 Å². The fourth-order valence-electron chi connectivity index (χ4n) is 3.05. The fourth-order valence-corrected chi connectivity index (χ4v) is 3.90. The van der Waals surface area contributed by atoms with Crippen molar-refractivity contribution in [3.05, 3.63) is 28.8 Å². The number of hydrogen-bond acceptors (Lipinski definition) is 5. The van der Waals surface area contributed by atoms with Gasteiger partial charge in [0.2, 0.25) is 0 Å². The van der Waals surface area contributed by atoms with Crippen molar-refractivity contribution in [2.75, 3.05) is 26.0 Å². The van der Waals surface area contributed by atoms with E-state index in [9.17, 15) is 18.0 Å². The summed E-state index contributed by atoms with van der Waals surface area (Å²) in [5.74, 6) is -0.266. The number of ether oxygens (including phenoxy) is 1. The van der Waals surface area contributed by atoms with Crippen LogP contribution in [0.3, 0.4) is 0 Å². The van der Waals surface area contributed by atoms with Crippen molar-refractivity contribution in [1.29, 1.82) is 0 Å². The molecule has 1 aliphatic rings. The van der Waals surface area contributed by atoms with Crippen LogP contribution in [0.2, 0.25) is 5.02 Å². The predicted molar refractivity (Wildman–Crippen MR) is 94.4 cm³/mol. The van der Waals surface area contributed by atoms with E-state index in [0.717, 1.165) is 18.7 Å². The highest BCUT2D eigenvalue weighted by Crippen LogP contribution is 2.23. The van der Waals surface area contributed by atoms with Gasteiger partial charge >= 0.3 is 5.97 Å². The number of benzene rings is 1. The lowest BCUT2D eigenvalue weighted by molar-refractivity contribution is -0.137. The highest BCUT2D eigenvalue weighted by molar-refractivity contribution is 7.90. The molecule has 25 heavy (non-hydrogen) atoms. The van der Waals surface area contributed by atoms with E-state index in [2.05, 4.69) is 13.8 Å². The number of carbonyl (C=O) groups is 2. The van der Waals surface area contributed by atoms with Crippen LogP contribution in [0.4, 0.5) is 0 Å². The molecule has 138 valence electrons. The van der Waals surface area contributed by atoms with Crippen LogP contribution < -0.4 is 0 Å². The van der Waals surface area contributed by atoms with Gasteiger partial charge in [-0.15, -0.1) is 0 Å². The number of nitrogens with zero attached hydrogens (tertiary/aromatic N) is 1. The first-order valence-corrected chi connectivity index (χ1v) is 10.3. The lowest BCUT2D eigenvalue weighted by Crippen LogP contribution is -2.44. The molecule has 0 N–H and O–H groups in total. The number of halogens is 1. The molecule has 1 fully saturated rings. The topological polar surface area (TPSA) is 80.8 Å². The molecule has 2 atom stereocenters. The van der Waals surface area contributed by atoms with E-state index < -0.39 is 22.4 Å². The highest BCUT2D eigenvalue weighted by atomic mass is 35.5. The second-order valence-corrected chi connectivity index (χ2v) is 9.16. The zero-order valence-electron chi connectivity index (χ0n) is 14.5. The first-order valence-electron chi connectivity index (χ1n) is 8.02. The maximum absolute atomic E-state index is 12.3.